The van der Waals surface area contributed by atoms with Crippen molar-refractivity contribution >= 4 is 73.7 Å². The second-order valence-electron chi connectivity index (χ2n) is 2.75. The molecule has 7 heteroatoms. The van der Waals surface area contributed by atoms with Gasteiger partial charge in [0.05, 0.1) is 17.7 Å². The summed E-state index contributed by atoms with van der Waals surface area (Å²) >= 11 is 5.67. The van der Waals surface area contributed by atoms with Crippen LogP contribution in [-0.2, 0) is 6.61 Å². The maximum atomic E-state index is 11.1. The van der Waals surface area contributed by atoms with Crippen LogP contribution < -0.4 is 0 Å². The van der Waals surface area contributed by atoms with Crippen LogP contribution in [0.3, 0.4) is 0 Å². The molecular formula is C9H4I3NO3. The van der Waals surface area contributed by atoms with Crippen molar-refractivity contribution in [2.24, 2.45) is 0 Å². The lowest BCUT2D eigenvalue weighted by molar-refractivity contribution is 0.0694. The Morgan fingerprint density at radius 1 is 1.25 bits per heavy atom. The molecule has 84 valence electrons. The molecule has 1 rings (SSSR count). The summed E-state index contributed by atoms with van der Waals surface area (Å²) in [5, 5.41) is 27.3. The molecule has 0 bridgehead atoms. The highest BCUT2D eigenvalue weighted by Gasteiger charge is 2.23. The fourth-order valence-corrected chi connectivity index (χ4v) is 5.35. The summed E-state index contributed by atoms with van der Waals surface area (Å²) in [4.78, 5) is 11.1. The average molecular weight is 555 g/mol. The van der Waals surface area contributed by atoms with Crippen LogP contribution in [0.5, 0.6) is 0 Å². The van der Waals surface area contributed by atoms with Crippen molar-refractivity contribution in [3.05, 3.63) is 27.4 Å². The van der Waals surface area contributed by atoms with Crippen LogP contribution in [0.2, 0.25) is 0 Å². The van der Waals surface area contributed by atoms with Gasteiger partial charge in [-0.1, -0.05) is 0 Å². The van der Waals surface area contributed by atoms with Crippen molar-refractivity contribution in [2.75, 3.05) is 0 Å². The quantitative estimate of drug-likeness (QED) is 0.551. The van der Waals surface area contributed by atoms with Crippen molar-refractivity contribution in [3.8, 4) is 6.07 Å². The average Bonchev–Trinajstić information content (AvgIpc) is 2.18. The summed E-state index contributed by atoms with van der Waals surface area (Å²) in [6.45, 7) is -0.275. The minimum atomic E-state index is -1.09. The van der Waals surface area contributed by atoms with Crippen molar-refractivity contribution in [1.29, 1.82) is 5.26 Å². The number of carboxylic acids is 1. The molecule has 0 fully saturated rings. The van der Waals surface area contributed by atoms with Gasteiger partial charge in [-0.2, -0.15) is 5.26 Å². The molecule has 0 heterocycles. The first kappa shape index (κ1) is 14.4. The first-order chi connectivity index (χ1) is 7.45. The summed E-state index contributed by atoms with van der Waals surface area (Å²) in [6, 6.07) is 1.97. The van der Waals surface area contributed by atoms with E-state index in [4.69, 9.17) is 10.4 Å². The molecule has 0 radical (unpaired) electrons. The number of rotatable bonds is 2. The zero-order valence-corrected chi connectivity index (χ0v) is 14.1. The van der Waals surface area contributed by atoms with E-state index in [1.54, 1.807) is 0 Å². The van der Waals surface area contributed by atoms with Crippen LogP contribution in [0.15, 0.2) is 0 Å². The van der Waals surface area contributed by atoms with E-state index in [2.05, 4.69) is 0 Å². The van der Waals surface area contributed by atoms with Crippen molar-refractivity contribution in [2.45, 2.75) is 6.61 Å². The van der Waals surface area contributed by atoms with Gasteiger partial charge in [0, 0.05) is 16.3 Å². The lowest BCUT2D eigenvalue weighted by atomic mass is 10.1. The molecule has 0 unspecified atom stereocenters. The van der Waals surface area contributed by atoms with Gasteiger partial charge >= 0.3 is 5.97 Å². The normalized spacial score (nSPS) is 9.94. The molecular weight excluding hydrogens is 551 g/mol. The van der Waals surface area contributed by atoms with Crippen LogP contribution in [0, 0.1) is 22.0 Å². The highest BCUT2D eigenvalue weighted by atomic mass is 127. The number of nitrogens with zero attached hydrogens (tertiary/aromatic N) is 1. The Labute approximate surface area is 132 Å². The Morgan fingerprint density at radius 3 is 2.19 bits per heavy atom. The van der Waals surface area contributed by atoms with Gasteiger partial charge in [0.2, 0.25) is 0 Å². The minimum Gasteiger partial charge on any atom is -0.478 e. The summed E-state index contributed by atoms with van der Waals surface area (Å²) in [6.07, 6.45) is 0. The van der Waals surface area contributed by atoms with E-state index in [1.165, 1.54) is 0 Å². The molecule has 0 aliphatic heterocycles. The zero-order valence-electron chi connectivity index (χ0n) is 7.59. The summed E-state index contributed by atoms with van der Waals surface area (Å²) < 4.78 is 1.51. The highest BCUT2D eigenvalue weighted by Crippen LogP contribution is 2.31. The topological polar surface area (TPSA) is 81.3 Å². The molecule has 0 saturated heterocycles. The number of aromatic carboxylic acids is 1. The van der Waals surface area contributed by atoms with Gasteiger partial charge in [0.15, 0.2) is 0 Å². The Morgan fingerprint density at radius 2 is 1.81 bits per heavy atom. The number of carboxylic acid groups (broad SMARTS) is 1. The van der Waals surface area contributed by atoms with E-state index in [-0.39, 0.29) is 12.2 Å². The molecule has 0 aromatic heterocycles. The third kappa shape index (κ3) is 2.44. The standard InChI is InChI=1S/C9H4I3NO3/c10-6-3(1-13)7(11)5(9(15)16)8(12)4(6)2-14/h14H,2H2,(H,15,16). The van der Waals surface area contributed by atoms with E-state index in [1.807, 2.05) is 73.8 Å². The molecule has 0 amide bonds. The third-order valence-corrected chi connectivity index (χ3v) is 5.35. The van der Waals surface area contributed by atoms with Crippen LogP contribution in [0.4, 0.5) is 0 Å². The summed E-state index contributed by atoms with van der Waals surface area (Å²) in [7, 11) is 0. The summed E-state index contributed by atoms with van der Waals surface area (Å²) in [5.74, 6) is -1.09. The maximum Gasteiger partial charge on any atom is 0.337 e. The number of hydrogen-bond donors (Lipinski definition) is 2. The second kappa shape index (κ2) is 5.78. The van der Waals surface area contributed by atoms with Gasteiger partial charge in [-0.05, 0) is 67.8 Å². The SMILES string of the molecule is N#Cc1c(I)c(CO)c(I)c(C(=O)O)c1I. The monoisotopic (exact) mass is 555 g/mol. The fourth-order valence-electron chi connectivity index (χ4n) is 1.14. The predicted molar refractivity (Wildman–Crippen MR) is 82.2 cm³/mol. The molecule has 0 spiro atoms. The van der Waals surface area contributed by atoms with E-state index in [0.29, 0.717) is 21.8 Å². The number of halogens is 3. The smallest absolute Gasteiger partial charge is 0.337 e. The molecule has 4 nitrogen and oxygen atoms in total. The van der Waals surface area contributed by atoms with Gasteiger partial charge in [-0.15, -0.1) is 0 Å². The maximum absolute atomic E-state index is 11.1. The number of aliphatic hydroxyl groups excluding tert-OH is 1. The molecule has 0 aliphatic rings. The third-order valence-electron chi connectivity index (χ3n) is 1.89. The van der Waals surface area contributed by atoms with Gasteiger partial charge < -0.3 is 10.2 Å². The van der Waals surface area contributed by atoms with E-state index in [0.717, 1.165) is 0 Å². The van der Waals surface area contributed by atoms with Gasteiger partial charge in [0.1, 0.15) is 6.07 Å². The van der Waals surface area contributed by atoms with Crippen molar-refractivity contribution in [1.82, 2.24) is 0 Å². The van der Waals surface area contributed by atoms with Crippen LogP contribution in [0.1, 0.15) is 21.5 Å². The highest BCUT2D eigenvalue weighted by molar-refractivity contribution is 14.1. The molecule has 1 aromatic carbocycles. The Kier molecular flexibility index (Phi) is 5.20. The molecule has 2 N–H and O–H groups in total. The molecule has 16 heavy (non-hydrogen) atoms. The van der Waals surface area contributed by atoms with Crippen LogP contribution in [0.25, 0.3) is 0 Å². The molecule has 0 saturated carbocycles. The van der Waals surface area contributed by atoms with Crippen LogP contribution in [-0.4, -0.2) is 16.2 Å². The fraction of sp³-hybridized carbons (Fsp3) is 0.111. The summed E-state index contributed by atoms with van der Waals surface area (Å²) in [5.41, 5.74) is 0.890. The minimum absolute atomic E-state index is 0.0854. The van der Waals surface area contributed by atoms with Crippen molar-refractivity contribution in [3.63, 3.8) is 0 Å². The Bertz CT molecular complexity index is 508. The lowest BCUT2D eigenvalue weighted by Crippen LogP contribution is -2.11. The largest absolute Gasteiger partial charge is 0.478 e. The Hall–Kier alpha value is 0.330. The van der Waals surface area contributed by atoms with Gasteiger partial charge in [-0.3, -0.25) is 0 Å². The zero-order chi connectivity index (χ0) is 12.5. The number of benzene rings is 1. The number of nitriles is 1. The van der Waals surface area contributed by atoms with Crippen molar-refractivity contribution < 1.29 is 15.0 Å². The van der Waals surface area contributed by atoms with E-state index in [9.17, 15) is 9.90 Å². The lowest BCUT2D eigenvalue weighted by Gasteiger charge is -2.12. The van der Waals surface area contributed by atoms with E-state index >= 15 is 0 Å². The number of aliphatic hydroxyl groups is 1. The van der Waals surface area contributed by atoms with Gasteiger partial charge in [-0.25, -0.2) is 4.79 Å². The number of carbonyl (C=O) groups is 1. The van der Waals surface area contributed by atoms with Gasteiger partial charge in [0.25, 0.3) is 0 Å². The van der Waals surface area contributed by atoms with E-state index < -0.39 is 5.97 Å². The molecule has 0 aliphatic carbocycles. The van der Waals surface area contributed by atoms with Crippen LogP contribution >= 0.6 is 67.8 Å². The Balaban J connectivity index is 3.79. The first-order valence-electron chi connectivity index (χ1n) is 3.89. The number of hydrogen-bond acceptors (Lipinski definition) is 3. The predicted octanol–water partition coefficient (Wildman–Crippen LogP) is 2.56. The molecule has 1 aromatic rings. The molecule has 0 atom stereocenters. The second-order valence-corrected chi connectivity index (χ2v) is 5.98. The first-order valence-corrected chi connectivity index (χ1v) is 7.12.